The molecule has 9 heteroatoms. The fraction of sp³-hybridized carbons (Fsp3) is 0.278. The van der Waals surface area contributed by atoms with Crippen molar-refractivity contribution in [3.63, 3.8) is 0 Å². The van der Waals surface area contributed by atoms with Gasteiger partial charge >= 0.3 is 6.18 Å². The van der Waals surface area contributed by atoms with E-state index in [9.17, 15) is 23.1 Å². The van der Waals surface area contributed by atoms with Gasteiger partial charge in [0.2, 0.25) is 0 Å². The van der Waals surface area contributed by atoms with Crippen LogP contribution in [0.1, 0.15) is 15.9 Å². The Bertz CT molecular complexity index is 754. The van der Waals surface area contributed by atoms with Gasteiger partial charge in [-0.05, 0) is 42.5 Å². The summed E-state index contributed by atoms with van der Waals surface area (Å²) in [6.45, 7) is -0.172. The molecule has 0 saturated heterocycles. The number of amides is 1. The summed E-state index contributed by atoms with van der Waals surface area (Å²) in [5, 5.41) is 9.99. The molecular weight excluding hydrogens is 385 g/mol. The molecule has 1 atom stereocenters. The minimum atomic E-state index is -4.41. The molecule has 0 bridgehead atoms. The minimum Gasteiger partial charge on any atom is -0.491 e. The molecule has 5 nitrogen and oxygen atoms in total. The molecule has 27 heavy (non-hydrogen) atoms. The summed E-state index contributed by atoms with van der Waals surface area (Å²) in [4.78, 5) is 13.6. The number of aliphatic hydroxyl groups is 1. The lowest BCUT2D eigenvalue weighted by atomic mass is 10.1. The Balaban J connectivity index is 0.00000364. The lowest BCUT2D eigenvalue weighted by Gasteiger charge is -2.21. The first kappa shape index (κ1) is 22.6. The summed E-state index contributed by atoms with van der Waals surface area (Å²) in [5.41, 5.74) is 5.70. The number of nitrogens with zero attached hydrogens (tertiary/aromatic N) is 1. The van der Waals surface area contributed by atoms with E-state index in [2.05, 4.69) is 0 Å². The second kappa shape index (κ2) is 9.48. The largest absolute Gasteiger partial charge is 0.491 e. The number of rotatable bonds is 6. The van der Waals surface area contributed by atoms with Crippen molar-refractivity contribution >= 4 is 24.0 Å². The number of hydrogen-bond acceptors (Lipinski definition) is 4. The van der Waals surface area contributed by atoms with Crippen LogP contribution < -0.4 is 10.5 Å². The summed E-state index contributed by atoms with van der Waals surface area (Å²) >= 11 is 0. The first-order valence-corrected chi connectivity index (χ1v) is 7.76. The van der Waals surface area contributed by atoms with Crippen LogP contribution in [-0.4, -0.2) is 42.2 Å². The number of hydrogen-bond donors (Lipinski definition) is 2. The van der Waals surface area contributed by atoms with Gasteiger partial charge in [0.15, 0.2) is 0 Å². The van der Waals surface area contributed by atoms with Gasteiger partial charge in [-0.3, -0.25) is 4.79 Å². The number of nitrogen functional groups attached to an aromatic ring is 1. The number of alkyl halides is 3. The fourth-order valence-electron chi connectivity index (χ4n) is 2.28. The number of likely N-dealkylation sites (N-methyl/N-ethyl adjacent to an activating group) is 1. The molecule has 2 aromatic rings. The number of halogens is 4. The van der Waals surface area contributed by atoms with Crippen LogP contribution in [0.3, 0.4) is 0 Å². The summed E-state index contributed by atoms with van der Waals surface area (Å²) in [7, 11) is 1.52. The van der Waals surface area contributed by atoms with Crippen LogP contribution in [-0.2, 0) is 6.18 Å². The van der Waals surface area contributed by atoms with Crippen LogP contribution in [0.15, 0.2) is 48.5 Å². The number of benzene rings is 2. The summed E-state index contributed by atoms with van der Waals surface area (Å²) < 4.78 is 42.7. The van der Waals surface area contributed by atoms with E-state index in [4.69, 9.17) is 10.5 Å². The Labute approximate surface area is 160 Å². The van der Waals surface area contributed by atoms with Crippen molar-refractivity contribution in [2.24, 2.45) is 0 Å². The molecule has 0 fully saturated rings. The molecule has 1 amide bonds. The third-order valence-electron chi connectivity index (χ3n) is 3.59. The summed E-state index contributed by atoms with van der Waals surface area (Å²) in [6, 6.07) is 10.6. The van der Waals surface area contributed by atoms with Crippen molar-refractivity contribution in [3.8, 4) is 5.75 Å². The van der Waals surface area contributed by atoms with Crippen molar-refractivity contribution in [2.75, 3.05) is 25.9 Å². The van der Waals surface area contributed by atoms with E-state index >= 15 is 0 Å². The number of aliphatic hydroxyl groups excluding tert-OH is 1. The highest BCUT2D eigenvalue weighted by Crippen LogP contribution is 2.30. The van der Waals surface area contributed by atoms with E-state index in [0.717, 1.165) is 12.1 Å². The monoisotopic (exact) mass is 404 g/mol. The third kappa shape index (κ3) is 6.65. The lowest BCUT2D eigenvalue weighted by molar-refractivity contribution is -0.137. The average molecular weight is 405 g/mol. The van der Waals surface area contributed by atoms with Gasteiger partial charge in [0.25, 0.3) is 5.91 Å². The fourth-order valence-corrected chi connectivity index (χ4v) is 2.28. The molecule has 0 aliphatic heterocycles. The standard InChI is InChI=1S/C18H19F3N2O3.ClH/c1-23(17(25)12-3-2-4-14(22)9-12)10-15(24)11-26-16-7-5-13(6-8-16)18(19,20)21;/h2-9,15,24H,10-11,22H2,1H3;1H. The first-order chi connectivity index (χ1) is 12.2. The topological polar surface area (TPSA) is 75.8 Å². The Morgan fingerprint density at radius 3 is 2.41 bits per heavy atom. The average Bonchev–Trinajstić information content (AvgIpc) is 2.59. The smallest absolute Gasteiger partial charge is 0.416 e. The van der Waals surface area contributed by atoms with Crippen molar-refractivity contribution in [1.82, 2.24) is 4.90 Å². The first-order valence-electron chi connectivity index (χ1n) is 7.76. The second-order valence-electron chi connectivity index (χ2n) is 5.80. The number of anilines is 1. The summed E-state index contributed by atoms with van der Waals surface area (Å²) in [6.07, 6.45) is -5.42. The third-order valence-corrected chi connectivity index (χ3v) is 3.59. The zero-order chi connectivity index (χ0) is 19.3. The predicted molar refractivity (Wildman–Crippen MR) is 98.0 cm³/mol. The Morgan fingerprint density at radius 2 is 1.85 bits per heavy atom. The molecule has 1 unspecified atom stereocenters. The second-order valence-corrected chi connectivity index (χ2v) is 5.80. The van der Waals surface area contributed by atoms with Crippen molar-refractivity contribution in [1.29, 1.82) is 0 Å². The zero-order valence-electron chi connectivity index (χ0n) is 14.4. The molecule has 0 saturated carbocycles. The molecule has 0 aliphatic rings. The van der Waals surface area contributed by atoms with E-state index in [-0.39, 0.29) is 37.2 Å². The van der Waals surface area contributed by atoms with Crippen molar-refractivity contribution in [3.05, 3.63) is 59.7 Å². The Kier molecular flexibility index (Phi) is 7.93. The van der Waals surface area contributed by atoms with Crippen LogP contribution in [0, 0.1) is 0 Å². The van der Waals surface area contributed by atoms with Crippen LogP contribution in [0.4, 0.5) is 18.9 Å². The van der Waals surface area contributed by atoms with Crippen LogP contribution in [0.25, 0.3) is 0 Å². The Hall–Kier alpha value is -2.45. The normalized spacial score (nSPS) is 12.0. The highest BCUT2D eigenvalue weighted by atomic mass is 35.5. The lowest BCUT2D eigenvalue weighted by Crippen LogP contribution is -2.37. The maximum atomic E-state index is 12.5. The molecule has 2 rings (SSSR count). The summed E-state index contributed by atoms with van der Waals surface area (Å²) in [5.74, 6) is -0.118. The van der Waals surface area contributed by atoms with Gasteiger partial charge in [-0.15, -0.1) is 12.4 Å². The van der Waals surface area contributed by atoms with E-state index in [1.165, 1.54) is 30.1 Å². The van der Waals surface area contributed by atoms with Crippen LogP contribution in [0.5, 0.6) is 5.75 Å². The van der Waals surface area contributed by atoms with E-state index in [1.807, 2.05) is 0 Å². The van der Waals surface area contributed by atoms with Crippen molar-refractivity contribution < 1.29 is 27.8 Å². The highest BCUT2D eigenvalue weighted by Gasteiger charge is 2.30. The van der Waals surface area contributed by atoms with Gasteiger partial charge in [0.05, 0.1) is 5.56 Å². The van der Waals surface area contributed by atoms with Gasteiger partial charge < -0.3 is 20.5 Å². The number of ether oxygens (including phenoxy) is 1. The predicted octanol–water partition coefficient (Wildman–Crippen LogP) is 3.22. The molecule has 3 N–H and O–H groups in total. The van der Waals surface area contributed by atoms with Crippen LogP contribution in [0.2, 0.25) is 0 Å². The number of carbonyl (C=O) groups excluding carboxylic acids is 1. The van der Waals surface area contributed by atoms with E-state index in [0.29, 0.717) is 11.3 Å². The van der Waals surface area contributed by atoms with Gasteiger partial charge in [0.1, 0.15) is 18.5 Å². The molecule has 0 aromatic heterocycles. The molecule has 0 spiro atoms. The zero-order valence-corrected chi connectivity index (χ0v) is 15.3. The molecule has 2 aromatic carbocycles. The maximum Gasteiger partial charge on any atom is 0.416 e. The molecular formula is C18H20ClF3N2O3. The molecule has 148 valence electrons. The highest BCUT2D eigenvalue weighted by molar-refractivity contribution is 5.94. The number of carbonyl (C=O) groups is 1. The molecule has 0 heterocycles. The van der Waals surface area contributed by atoms with E-state index in [1.54, 1.807) is 18.2 Å². The quantitative estimate of drug-likeness (QED) is 0.725. The Morgan fingerprint density at radius 1 is 1.22 bits per heavy atom. The maximum absolute atomic E-state index is 12.5. The van der Waals surface area contributed by atoms with Crippen LogP contribution >= 0.6 is 12.4 Å². The SMILES string of the molecule is CN(CC(O)COc1ccc(C(F)(F)F)cc1)C(=O)c1cccc(N)c1.Cl. The number of nitrogens with two attached hydrogens (primary N) is 1. The minimum absolute atomic E-state index is 0. The van der Waals surface area contributed by atoms with Gasteiger partial charge in [0, 0.05) is 24.8 Å². The van der Waals surface area contributed by atoms with Gasteiger partial charge in [-0.2, -0.15) is 13.2 Å². The van der Waals surface area contributed by atoms with Gasteiger partial charge in [-0.1, -0.05) is 6.07 Å². The molecule has 0 radical (unpaired) electrons. The van der Waals surface area contributed by atoms with Gasteiger partial charge in [-0.25, -0.2) is 0 Å². The molecule has 0 aliphatic carbocycles. The van der Waals surface area contributed by atoms with Crippen molar-refractivity contribution in [2.45, 2.75) is 12.3 Å². The van der Waals surface area contributed by atoms with E-state index < -0.39 is 17.8 Å².